The molecule has 0 saturated carbocycles. The maximum atomic E-state index is 12.7. The molecule has 1 saturated heterocycles. The number of benzene rings is 1. The van der Waals surface area contributed by atoms with Crippen molar-refractivity contribution >= 4 is 0 Å². The Morgan fingerprint density at radius 1 is 1.31 bits per heavy atom. The van der Waals surface area contributed by atoms with Crippen LogP contribution >= 0.6 is 0 Å². The number of hydrogen-bond acceptors (Lipinski definition) is 2. The van der Waals surface area contributed by atoms with Crippen molar-refractivity contribution in [3.05, 3.63) is 35.6 Å². The molecule has 1 aliphatic rings. The van der Waals surface area contributed by atoms with Gasteiger partial charge in [-0.05, 0) is 43.5 Å². The SMILES string of the molecule is OC(CC1CCCCN1)c1ccc(F)cc1. The molecule has 3 heteroatoms. The van der Waals surface area contributed by atoms with Crippen LogP contribution in [-0.2, 0) is 0 Å². The zero-order chi connectivity index (χ0) is 11.4. The molecule has 0 spiro atoms. The lowest BCUT2D eigenvalue weighted by molar-refractivity contribution is 0.144. The van der Waals surface area contributed by atoms with E-state index in [-0.39, 0.29) is 5.82 Å². The first-order valence-corrected chi connectivity index (χ1v) is 5.92. The van der Waals surface area contributed by atoms with Gasteiger partial charge >= 0.3 is 0 Å². The normalized spacial score (nSPS) is 23.0. The van der Waals surface area contributed by atoms with Gasteiger partial charge in [0.15, 0.2) is 0 Å². The predicted octanol–water partition coefficient (Wildman–Crippen LogP) is 2.39. The molecule has 0 amide bonds. The van der Waals surface area contributed by atoms with E-state index in [2.05, 4.69) is 5.32 Å². The first-order valence-electron chi connectivity index (χ1n) is 5.92. The molecule has 0 aromatic heterocycles. The van der Waals surface area contributed by atoms with Gasteiger partial charge in [-0.3, -0.25) is 0 Å². The van der Waals surface area contributed by atoms with Crippen LogP contribution in [0.4, 0.5) is 4.39 Å². The van der Waals surface area contributed by atoms with Crippen LogP contribution in [0.5, 0.6) is 0 Å². The lowest BCUT2D eigenvalue weighted by Gasteiger charge is -2.25. The predicted molar refractivity (Wildman–Crippen MR) is 61.6 cm³/mol. The molecule has 0 radical (unpaired) electrons. The number of rotatable bonds is 3. The first kappa shape index (κ1) is 11.6. The average molecular weight is 223 g/mol. The smallest absolute Gasteiger partial charge is 0.123 e. The summed E-state index contributed by atoms with van der Waals surface area (Å²) in [6.07, 6.45) is 3.80. The molecule has 0 aliphatic carbocycles. The Morgan fingerprint density at radius 2 is 2.06 bits per heavy atom. The molecule has 2 unspecified atom stereocenters. The number of nitrogens with one attached hydrogen (secondary N) is 1. The van der Waals surface area contributed by atoms with E-state index in [9.17, 15) is 9.50 Å². The van der Waals surface area contributed by atoms with E-state index < -0.39 is 6.10 Å². The van der Waals surface area contributed by atoms with Crippen LogP contribution in [0.15, 0.2) is 24.3 Å². The Labute approximate surface area is 95.5 Å². The third kappa shape index (κ3) is 3.03. The van der Waals surface area contributed by atoms with Crippen LogP contribution in [0.25, 0.3) is 0 Å². The molecule has 1 aliphatic heterocycles. The second-order valence-corrected chi connectivity index (χ2v) is 4.45. The topological polar surface area (TPSA) is 32.3 Å². The maximum absolute atomic E-state index is 12.7. The van der Waals surface area contributed by atoms with Gasteiger partial charge < -0.3 is 10.4 Å². The number of piperidine rings is 1. The number of halogens is 1. The molecule has 88 valence electrons. The van der Waals surface area contributed by atoms with Crippen molar-refractivity contribution in [2.24, 2.45) is 0 Å². The van der Waals surface area contributed by atoms with Gasteiger partial charge in [0.25, 0.3) is 0 Å². The van der Waals surface area contributed by atoms with Crippen molar-refractivity contribution in [1.29, 1.82) is 0 Å². The van der Waals surface area contributed by atoms with Crippen molar-refractivity contribution in [3.8, 4) is 0 Å². The minimum atomic E-state index is -0.490. The lowest BCUT2D eigenvalue weighted by Crippen LogP contribution is -2.35. The van der Waals surface area contributed by atoms with E-state index in [0.717, 1.165) is 18.5 Å². The summed E-state index contributed by atoms with van der Waals surface area (Å²) in [5, 5.41) is 13.4. The summed E-state index contributed by atoms with van der Waals surface area (Å²) in [6, 6.07) is 6.50. The van der Waals surface area contributed by atoms with Crippen molar-refractivity contribution in [2.45, 2.75) is 37.8 Å². The van der Waals surface area contributed by atoms with Gasteiger partial charge in [0.05, 0.1) is 6.10 Å². The highest BCUT2D eigenvalue weighted by Crippen LogP contribution is 2.22. The largest absolute Gasteiger partial charge is 0.388 e. The van der Waals surface area contributed by atoms with Gasteiger partial charge in [-0.2, -0.15) is 0 Å². The Balaban J connectivity index is 1.91. The molecule has 0 bridgehead atoms. The molecule has 1 aromatic carbocycles. The third-order valence-electron chi connectivity index (χ3n) is 3.17. The van der Waals surface area contributed by atoms with Gasteiger partial charge in [-0.15, -0.1) is 0 Å². The Morgan fingerprint density at radius 3 is 2.69 bits per heavy atom. The fraction of sp³-hybridized carbons (Fsp3) is 0.538. The zero-order valence-corrected chi connectivity index (χ0v) is 9.32. The van der Waals surface area contributed by atoms with Crippen molar-refractivity contribution in [3.63, 3.8) is 0 Å². The van der Waals surface area contributed by atoms with Crippen molar-refractivity contribution in [2.75, 3.05) is 6.54 Å². The summed E-state index contributed by atoms with van der Waals surface area (Å²) in [4.78, 5) is 0. The second kappa shape index (κ2) is 5.41. The summed E-state index contributed by atoms with van der Waals surface area (Å²) in [7, 11) is 0. The molecule has 1 aromatic rings. The minimum Gasteiger partial charge on any atom is -0.388 e. The fourth-order valence-electron chi connectivity index (χ4n) is 2.22. The Kier molecular flexibility index (Phi) is 3.91. The second-order valence-electron chi connectivity index (χ2n) is 4.45. The quantitative estimate of drug-likeness (QED) is 0.824. The molecule has 2 rings (SSSR count). The third-order valence-corrected chi connectivity index (χ3v) is 3.17. The maximum Gasteiger partial charge on any atom is 0.123 e. The molecule has 1 fully saturated rings. The van der Waals surface area contributed by atoms with Gasteiger partial charge in [0.1, 0.15) is 5.82 Å². The van der Waals surface area contributed by atoms with Crippen LogP contribution in [0.3, 0.4) is 0 Å². The van der Waals surface area contributed by atoms with Crippen molar-refractivity contribution in [1.82, 2.24) is 5.32 Å². The zero-order valence-electron chi connectivity index (χ0n) is 9.32. The fourth-order valence-corrected chi connectivity index (χ4v) is 2.22. The number of aliphatic hydroxyl groups excluding tert-OH is 1. The molecule has 2 N–H and O–H groups in total. The minimum absolute atomic E-state index is 0.258. The van der Waals surface area contributed by atoms with Gasteiger partial charge in [0, 0.05) is 6.04 Å². The molecule has 16 heavy (non-hydrogen) atoms. The monoisotopic (exact) mass is 223 g/mol. The van der Waals surface area contributed by atoms with E-state index >= 15 is 0 Å². The van der Waals surface area contributed by atoms with Gasteiger partial charge in [-0.25, -0.2) is 4.39 Å². The summed E-state index contributed by atoms with van der Waals surface area (Å²) in [5.74, 6) is -0.258. The molecular weight excluding hydrogens is 205 g/mol. The summed E-state index contributed by atoms with van der Waals surface area (Å²) < 4.78 is 12.7. The molecule has 1 heterocycles. The molecule has 2 atom stereocenters. The van der Waals surface area contributed by atoms with E-state index in [1.165, 1.54) is 25.0 Å². The highest BCUT2D eigenvalue weighted by molar-refractivity contribution is 5.18. The molecule has 2 nitrogen and oxygen atoms in total. The number of aliphatic hydroxyl groups is 1. The van der Waals surface area contributed by atoms with E-state index in [1.54, 1.807) is 12.1 Å². The van der Waals surface area contributed by atoms with Crippen LogP contribution in [0, 0.1) is 5.82 Å². The highest BCUT2D eigenvalue weighted by atomic mass is 19.1. The van der Waals surface area contributed by atoms with E-state index in [4.69, 9.17) is 0 Å². The summed E-state index contributed by atoms with van der Waals surface area (Å²) in [6.45, 7) is 1.04. The van der Waals surface area contributed by atoms with Crippen LogP contribution in [0.1, 0.15) is 37.4 Å². The lowest BCUT2D eigenvalue weighted by atomic mass is 9.96. The van der Waals surface area contributed by atoms with E-state index in [1.807, 2.05) is 0 Å². The first-order chi connectivity index (χ1) is 7.75. The van der Waals surface area contributed by atoms with Gasteiger partial charge in [-0.1, -0.05) is 18.6 Å². The standard InChI is InChI=1S/C13H18FNO/c14-11-6-4-10(5-7-11)13(16)9-12-3-1-2-8-15-12/h4-7,12-13,15-16H,1-3,8-9H2. The Hall–Kier alpha value is -0.930. The summed E-state index contributed by atoms with van der Waals surface area (Å²) in [5.41, 5.74) is 0.800. The average Bonchev–Trinajstić information content (AvgIpc) is 2.31. The van der Waals surface area contributed by atoms with Crippen LogP contribution in [-0.4, -0.2) is 17.7 Å². The van der Waals surface area contributed by atoms with Gasteiger partial charge in [0.2, 0.25) is 0 Å². The van der Waals surface area contributed by atoms with E-state index in [0.29, 0.717) is 12.5 Å². The van der Waals surface area contributed by atoms with Crippen LogP contribution < -0.4 is 5.32 Å². The van der Waals surface area contributed by atoms with Crippen LogP contribution in [0.2, 0.25) is 0 Å². The number of hydrogen-bond donors (Lipinski definition) is 2. The van der Waals surface area contributed by atoms with Crippen molar-refractivity contribution < 1.29 is 9.50 Å². The molecular formula is C13H18FNO. The summed E-state index contributed by atoms with van der Waals surface area (Å²) >= 11 is 0. The Bertz CT molecular complexity index is 319. The highest BCUT2D eigenvalue weighted by Gasteiger charge is 2.17.